The van der Waals surface area contributed by atoms with E-state index < -0.39 is 32.1 Å². The van der Waals surface area contributed by atoms with Gasteiger partial charge in [-0.3, -0.25) is 4.79 Å². The van der Waals surface area contributed by atoms with Crippen molar-refractivity contribution in [3.05, 3.63) is 77.4 Å². The average molecular weight is 589 g/mol. The Labute approximate surface area is 234 Å². The van der Waals surface area contributed by atoms with Crippen molar-refractivity contribution in [3.8, 4) is 17.2 Å². The molecule has 12 heteroatoms. The number of fused-ring (bicyclic) bond motifs is 1. The topological polar surface area (TPSA) is 137 Å². The molecular formula is C28H32N2O8S2. The summed E-state index contributed by atoms with van der Waals surface area (Å²) in [5.74, 6) is 0.390. The van der Waals surface area contributed by atoms with Crippen LogP contribution in [0.4, 0.5) is 0 Å². The van der Waals surface area contributed by atoms with E-state index in [1.807, 2.05) is 20.8 Å². The molecule has 0 radical (unpaired) electrons. The quantitative estimate of drug-likeness (QED) is 0.343. The van der Waals surface area contributed by atoms with Gasteiger partial charge in [-0.05, 0) is 73.0 Å². The van der Waals surface area contributed by atoms with E-state index in [1.54, 1.807) is 30.3 Å². The molecule has 2 N–H and O–H groups in total. The minimum absolute atomic E-state index is 0.0132. The highest BCUT2D eigenvalue weighted by Crippen LogP contribution is 2.36. The number of hydrogen-bond acceptors (Lipinski definition) is 8. The predicted molar refractivity (Wildman–Crippen MR) is 148 cm³/mol. The van der Waals surface area contributed by atoms with Crippen LogP contribution in [0.5, 0.6) is 17.2 Å². The van der Waals surface area contributed by atoms with Crippen LogP contribution in [0.15, 0.2) is 70.5 Å². The Morgan fingerprint density at radius 1 is 0.875 bits per heavy atom. The minimum Gasteiger partial charge on any atom is -0.475 e. The predicted octanol–water partition coefficient (Wildman–Crippen LogP) is 4.02. The van der Waals surface area contributed by atoms with Gasteiger partial charge in [-0.1, -0.05) is 45.4 Å². The molecule has 0 fully saturated rings. The molecule has 3 aromatic carbocycles. The molecule has 0 bridgehead atoms. The maximum absolute atomic E-state index is 13.6. The van der Waals surface area contributed by atoms with Crippen molar-refractivity contribution in [2.24, 2.45) is 0 Å². The summed E-state index contributed by atoms with van der Waals surface area (Å²) >= 11 is 0. The fraction of sp³-hybridized carbons (Fsp3) is 0.321. The molecular weight excluding hydrogens is 556 g/mol. The van der Waals surface area contributed by atoms with Crippen molar-refractivity contribution < 1.29 is 35.8 Å². The van der Waals surface area contributed by atoms with Gasteiger partial charge in [-0.25, -0.2) is 26.3 Å². The molecule has 1 atom stereocenters. The van der Waals surface area contributed by atoms with Gasteiger partial charge in [0.25, 0.3) is 15.9 Å². The maximum atomic E-state index is 13.6. The monoisotopic (exact) mass is 588 g/mol. The lowest BCUT2D eigenvalue weighted by Crippen LogP contribution is -2.37. The molecule has 0 saturated carbocycles. The normalized spacial score (nSPS) is 13.7. The lowest BCUT2D eigenvalue weighted by molar-refractivity contribution is -0.126. The molecule has 1 unspecified atom stereocenters. The van der Waals surface area contributed by atoms with Crippen LogP contribution >= 0.6 is 0 Å². The number of carbonyl (C=O) groups is 1. The van der Waals surface area contributed by atoms with E-state index in [0.29, 0.717) is 35.5 Å². The Morgan fingerprint density at radius 2 is 1.52 bits per heavy atom. The summed E-state index contributed by atoms with van der Waals surface area (Å²) in [6.07, 6.45) is -0.291. The van der Waals surface area contributed by atoms with Gasteiger partial charge >= 0.3 is 0 Å². The number of rotatable bonds is 11. The van der Waals surface area contributed by atoms with Gasteiger partial charge in [-0.2, -0.15) is 0 Å². The first-order valence-electron chi connectivity index (χ1n) is 12.7. The van der Waals surface area contributed by atoms with E-state index in [9.17, 15) is 21.6 Å². The van der Waals surface area contributed by atoms with E-state index in [1.165, 1.54) is 37.4 Å². The Morgan fingerprint density at radius 3 is 2.17 bits per heavy atom. The first-order valence-corrected chi connectivity index (χ1v) is 15.7. The molecule has 3 aromatic rings. The molecule has 1 amide bonds. The molecule has 1 aliphatic heterocycles. The Bertz CT molecular complexity index is 1600. The second-order valence-electron chi connectivity index (χ2n) is 9.53. The molecule has 0 aromatic heterocycles. The summed E-state index contributed by atoms with van der Waals surface area (Å²) in [5.41, 5.74) is 1.82. The molecule has 0 spiro atoms. The summed E-state index contributed by atoms with van der Waals surface area (Å²) < 4.78 is 72.4. The minimum atomic E-state index is -4.23. The van der Waals surface area contributed by atoms with Crippen molar-refractivity contribution in [2.75, 3.05) is 13.8 Å². The Hall–Kier alpha value is -3.61. The Balaban J connectivity index is 1.71. The molecule has 40 heavy (non-hydrogen) atoms. The summed E-state index contributed by atoms with van der Waals surface area (Å²) in [7, 11) is -6.63. The van der Waals surface area contributed by atoms with Gasteiger partial charge in [-0.15, -0.1) is 0 Å². The fourth-order valence-electron chi connectivity index (χ4n) is 4.17. The van der Waals surface area contributed by atoms with Gasteiger partial charge in [0.15, 0.2) is 11.5 Å². The number of aryl methyl sites for hydroxylation is 1. The lowest BCUT2D eigenvalue weighted by Gasteiger charge is -2.22. The highest BCUT2D eigenvalue weighted by atomic mass is 32.2. The van der Waals surface area contributed by atoms with Crippen LogP contribution in [0.25, 0.3) is 0 Å². The number of nitrogens with one attached hydrogen (secondary N) is 2. The number of ether oxygens (including phenoxy) is 3. The van der Waals surface area contributed by atoms with Crippen molar-refractivity contribution in [1.82, 2.24) is 9.44 Å². The van der Waals surface area contributed by atoms with Crippen LogP contribution in [-0.4, -0.2) is 36.6 Å². The highest BCUT2D eigenvalue weighted by Gasteiger charge is 2.30. The standard InChI is InChI=1S/C28H32N2O8S2/c1-5-6-20-15-23(39(32,33)29-4)12-14-24(20)38-27(21-9-13-25-26(16-21)37-17-36-25)28(31)30-40(34,35)22-10-7-19(8-11-22)18(2)3/h7-16,18,27,29H,5-6,17H2,1-4H3,(H,30,31). The van der Waals surface area contributed by atoms with E-state index in [-0.39, 0.29) is 28.3 Å². The number of hydrogen-bond donors (Lipinski definition) is 2. The van der Waals surface area contributed by atoms with E-state index in [4.69, 9.17) is 14.2 Å². The van der Waals surface area contributed by atoms with Gasteiger partial charge in [0, 0.05) is 5.56 Å². The molecule has 4 rings (SSSR count). The summed E-state index contributed by atoms with van der Waals surface area (Å²) in [5, 5.41) is 0. The number of amides is 1. The van der Waals surface area contributed by atoms with Crippen LogP contribution in [0.2, 0.25) is 0 Å². The summed E-state index contributed by atoms with van der Waals surface area (Å²) in [6, 6.07) is 15.3. The van der Waals surface area contributed by atoms with Crippen LogP contribution in [-0.2, 0) is 31.3 Å². The van der Waals surface area contributed by atoms with Crippen molar-refractivity contribution in [1.29, 1.82) is 0 Å². The SMILES string of the molecule is CCCc1cc(S(=O)(=O)NC)ccc1OC(C(=O)NS(=O)(=O)c1ccc(C(C)C)cc1)c1ccc2c(c1)OCO2. The Kier molecular flexibility index (Phi) is 8.71. The van der Waals surface area contributed by atoms with Gasteiger partial charge in [0.1, 0.15) is 5.75 Å². The lowest BCUT2D eigenvalue weighted by atomic mass is 10.0. The first kappa shape index (κ1) is 29.4. The second-order valence-corrected chi connectivity index (χ2v) is 13.1. The average Bonchev–Trinajstić information content (AvgIpc) is 3.40. The van der Waals surface area contributed by atoms with Crippen LogP contribution in [0.1, 0.15) is 55.9 Å². The number of carbonyl (C=O) groups excluding carboxylic acids is 1. The van der Waals surface area contributed by atoms with Crippen molar-refractivity contribution in [3.63, 3.8) is 0 Å². The zero-order chi connectivity index (χ0) is 29.1. The largest absolute Gasteiger partial charge is 0.475 e. The second kappa shape index (κ2) is 11.9. The van der Waals surface area contributed by atoms with Gasteiger partial charge in [0.2, 0.25) is 22.9 Å². The zero-order valence-corrected chi connectivity index (χ0v) is 24.3. The van der Waals surface area contributed by atoms with Crippen molar-refractivity contribution in [2.45, 2.75) is 55.4 Å². The van der Waals surface area contributed by atoms with Gasteiger partial charge in [0.05, 0.1) is 9.79 Å². The number of sulfonamides is 2. The third-order valence-electron chi connectivity index (χ3n) is 6.40. The van der Waals surface area contributed by atoms with Crippen LogP contribution in [0, 0.1) is 0 Å². The first-order chi connectivity index (χ1) is 18.9. The summed E-state index contributed by atoms with van der Waals surface area (Å²) in [4.78, 5) is 13.5. The highest BCUT2D eigenvalue weighted by molar-refractivity contribution is 7.90. The maximum Gasteiger partial charge on any atom is 0.279 e. The van der Waals surface area contributed by atoms with E-state index >= 15 is 0 Å². The fourth-order valence-corrected chi connectivity index (χ4v) is 5.94. The van der Waals surface area contributed by atoms with Crippen LogP contribution in [0.3, 0.4) is 0 Å². The molecule has 0 saturated heterocycles. The summed E-state index contributed by atoms with van der Waals surface area (Å²) in [6.45, 7) is 5.92. The molecule has 0 aliphatic carbocycles. The zero-order valence-electron chi connectivity index (χ0n) is 22.6. The van der Waals surface area contributed by atoms with Crippen molar-refractivity contribution >= 4 is 26.0 Å². The third kappa shape index (κ3) is 6.40. The smallest absolute Gasteiger partial charge is 0.279 e. The van der Waals surface area contributed by atoms with E-state index in [2.05, 4.69) is 9.44 Å². The third-order valence-corrected chi connectivity index (χ3v) is 9.18. The molecule has 1 heterocycles. The molecule has 1 aliphatic rings. The number of benzene rings is 3. The van der Waals surface area contributed by atoms with Crippen LogP contribution < -0.4 is 23.7 Å². The van der Waals surface area contributed by atoms with E-state index in [0.717, 1.165) is 5.56 Å². The van der Waals surface area contributed by atoms with Gasteiger partial charge < -0.3 is 14.2 Å². The molecule has 214 valence electrons. The molecule has 10 nitrogen and oxygen atoms in total.